The number of piperidine rings is 1. The normalized spacial score (nSPS) is 21.0. The van der Waals surface area contributed by atoms with Gasteiger partial charge in [-0.05, 0) is 68.5 Å². The maximum atomic E-state index is 9.91. The van der Waals surface area contributed by atoms with Gasteiger partial charge < -0.3 is 10.4 Å². The second kappa shape index (κ2) is 5.19. The first kappa shape index (κ1) is 11.9. The van der Waals surface area contributed by atoms with Gasteiger partial charge in [-0.2, -0.15) is 0 Å². The molecule has 3 heteroatoms. The molecular weight excluding hydrogens is 266 g/mol. The lowest BCUT2D eigenvalue weighted by Crippen LogP contribution is -2.31. The molecule has 0 spiro atoms. The second-order valence-electron chi connectivity index (χ2n) is 4.59. The highest BCUT2D eigenvalue weighted by atomic mass is 79.9. The van der Waals surface area contributed by atoms with Crippen molar-refractivity contribution < 1.29 is 5.11 Å². The quantitative estimate of drug-likeness (QED) is 0.875. The Hall–Kier alpha value is -0.540. The van der Waals surface area contributed by atoms with Crippen LogP contribution in [0.2, 0.25) is 0 Å². The van der Waals surface area contributed by atoms with Gasteiger partial charge in [-0.25, -0.2) is 0 Å². The molecule has 1 aliphatic rings. The van der Waals surface area contributed by atoms with Crippen molar-refractivity contribution in [2.75, 3.05) is 13.1 Å². The van der Waals surface area contributed by atoms with E-state index in [0.717, 1.165) is 29.5 Å². The van der Waals surface area contributed by atoms with Crippen molar-refractivity contribution in [1.82, 2.24) is 5.32 Å². The molecule has 0 aromatic heterocycles. The van der Waals surface area contributed by atoms with E-state index in [1.807, 2.05) is 6.07 Å². The van der Waals surface area contributed by atoms with E-state index in [0.29, 0.717) is 11.7 Å². The van der Waals surface area contributed by atoms with Crippen molar-refractivity contribution in [1.29, 1.82) is 0 Å². The third-order valence-corrected chi connectivity index (χ3v) is 4.26. The van der Waals surface area contributed by atoms with Crippen LogP contribution in [-0.2, 0) is 6.42 Å². The van der Waals surface area contributed by atoms with Crippen LogP contribution in [0.5, 0.6) is 5.75 Å². The highest BCUT2D eigenvalue weighted by Crippen LogP contribution is 2.30. The van der Waals surface area contributed by atoms with Crippen LogP contribution in [0.15, 0.2) is 16.6 Å². The van der Waals surface area contributed by atoms with Crippen molar-refractivity contribution in [2.24, 2.45) is 5.92 Å². The van der Waals surface area contributed by atoms with Gasteiger partial charge in [-0.1, -0.05) is 15.9 Å². The molecule has 1 unspecified atom stereocenters. The summed E-state index contributed by atoms with van der Waals surface area (Å²) in [6.45, 7) is 4.28. The molecule has 0 saturated carbocycles. The summed E-state index contributed by atoms with van der Waals surface area (Å²) in [6, 6.07) is 3.69. The standard InChI is InChI=1S/C13H18BrNO/c1-9-11(13(16)5-4-12(9)14)7-10-3-2-6-15-8-10/h4-5,10,15-16H,2-3,6-8H2,1H3. The van der Waals surface area contributed by atoms with Crippen LogP contribution in [0, 0.1) is 12.8 Å². The Morgan fingerprint density at radius 2 is 2.31 bits per heavy atom. The first-order valence-electron chi connectivity index (χ1n) is 5.86. The summed E-state index contributed by atoms with van der Waals surface area (Å²) in [5.41, 5.74) is 2.27. The van der Waals surface area contributed by atoms with Gasteiger partial charge in [-0.3, -0.25) is 0 Å². The molecule has 0 bridgehead atoms. The molecule has 1 heterocycles. The summed E-state index contributed by atoms with van der Waals surface area (Å²) in [6.07, 6.45) is 3.49. The first-order chi connectivity index (χ1) is 7.68. The van der Waals surface area contributed by atoms with Crippen LogP contribution in [0.1, 0.15) is 24.0 Å². The van der Waals surface area contributed by atoms with Gasteiger partial charge in [0.2, 0.25) is 0 Å². The highest BCUT2D eigenvalue weighted by Gasteiger charge is 2.17. The van der Waals surface area contributed by atoms with Gasteiger partial charge in [-0.15, -0.1) is 0 Å². The number of hydrogen-bond donors (Lipinski definition) is 2. The lowest BCUT2D eigenvalue weighted by atomic mass is 9.90. The lowest BCUT2D eigenvalue weighted by Gasteiger charge is -2.24. The number of phenolic OH excluding ortho intramolecular Hbond substituents is 1. The zero-order chi connectivity index (χ0) is 11.5. The Labute approximate surface area is 105 Å². The first-order valence-corrected chi connectivity index (χ1v) is 6.65. The SMILES string of the molecule is Cc1c(Br)ccc(O)c1CC1CCCNC1. The van der Waals surface area contributed by atoms with E-state index in [1.165, 1.54) is 18.4 Å². The predicted molar refractivity (Wildman–Crippen MR) is 69.8 cm³/mol. The molecule has 0 radical (unpaired) electrons. The average Bonchev–Trinajstić information content (AvgIpc) is 2.31. The molecule has 1 saturated heterocycles. The minimum absolute atomic E-state index is 0.436. The summed E-state index contributed by atoms with van der Waals surface area (Å²) < 4.78 is 1.09. The zero-order valence-electron chi connectivity index (χ0n) is 9.59. The molecule has 0 aliphatic carbocycles. The summed E-state index contributed by atoms with van der Waals surface area (Å²) in [7, 11) is 0. The lowest BCUT2D eigenvalue weighted by molar-refractivity contribution is 0.369. The van der Waals surface area contributed by atoms with Gasteiger partial charge in [0.1, 0.15) is 5.75 Å². The maximum Gasteiger partial charge on any atom is 0.119 e. The fourth-order valence-corrected chi connectivity index (χ4v) is 2.73. The smallest absolute Gasteiger partial charge is 0.119 e. The van der Waals surface area contributed by atoms with Crippen molar-refractivity contribution in [2.45, 2.75) is 26.2 Å². The van der Waals surface area contributed by atoms with Gasteiger partial charge in [0.05, 0.1) is 0 Å². The molecule has 2 nitrogen and oxygen atoms in total. The minimum Gasteiger partial charge on any atom is -0.508 e. The minimum atomic E-state index is 0.436. The molecular formula is C13H18BrNO. The van der Waals surface area contributed by atoms with E-state index in [4.69, 9.17) is 0 Å². The zero-order valence-corrected chi connectivity index (χ0v) is 11.2. The van der Waals surface area contributed by atoms with E-state index in [1.54, 1.807) is 6.07 Å². The fraction of sp³-hybridized carbons (Fsp3) is 0.538. The molecule has 1 aromatic carbocycles. The van der Waals surface area contributed by atoms with E-state index in [2.05, 4.69) is 28.2 Å². The molecule has 88 valence electrons. The summed E-state index contributed by atoms with van der Waals surface area (Å²) in [5.74, 6) is 1.10. The van der Waals surface area contributed by atoms with Gasteiger partial charge >= 0.3 is 0 Å². The van der Waals surface area contributed by atoms with Crippen LogP contribution < -0.4 is 5.32 Å². The third kappa shape index (κ3) is 2.58. The van der Waals surface area contributed by atoms with Gasteiger partial charge in [0.15, 0.2) is 0 Å². The predicted octanol–water partition coefficient (Wildman–Crippen LogP) is 3.01. The Balaban J connectivity index is 2.16. The van der Waals surface area contributed by atoms with Crippen LogP contribution in [-0.4, -0.2) is 18.2 Å². The molecule has 16 heavy (non-hydrogen) atoms. The third-order valence-electron chi connectivity index (χ3n) is 3.40. The van der Waals surface area contributed by atoms with E-state index >= 15 is 0 Å². The molecule has 1 fully saturated rings. The van der Waals surface area contributed by atoms with Crippen LogP contribution in [0.4, 0.5) is 0 Å². The van der Waals surface area contributed by atoms with Crippen molar-refractivity contribution in [3.63, 3.8) is 0 Å². The van der Waals surface area contributed by atoms with Crippen molar-refractivity contribution >= 4 is 15.9 Å². The second-order valence-corrected chi connectivity index (χ2v) is 5.44. The van der Waals surface area contributed by atoms with E-state index in [-0.39, 0.29) is 0 Å². The number of rotatable bonds is 2. The summed E-state index contributed by atoms with van der Waals surface area (Å²) in [4.78, 5) is 0. The molecule has 1 atom stereocenters. The van der Waals surface area contributed by atoms with Crippen LogP contribution >= 0.6 is 15.9 Å². The number of phenols is 1. The number of hydrogen-bond acceptors (Lipinski definition) is 2. The monoisotopic (exact) mass is 283 g/mol. The van der Waals surface area contributed by atoms with Crippen LogP contribution in [0.3, 0.4) is 0 Å². The Kier molecular flexibility index (Phi) is 3.87. The molecule has 1 aromatic rings. The average molecular weight is 284 g/mol. The van der Waals surface area contributed by atoms with Gasteiger partial charge in [0.25, 0.3) is 0 Å². The Bertz CT molecular complexity index is 372. The molecule has 1 aliphatic heterocycles. The fourth-order valence-electron chi connectivity index (χ4n) is 2.36. The molecule has 2 N–H and O–H groups in total. The summed E-state index contributed by atoms with van der Waals surface area (Å²) in [5, 5.41) is 13.3. The maximum absolute atomic E-state index is 9.91. The van der Waals surface area contributed by atoms with E-state index < -0.39 is 0 Å². The highest BCUT2D eigenvalue weighted by molar-refractivity contribution is 9.10. The molecule has 0 amide bonds. The number of aromatic hydroxyl groups is 1. The number of halogens is 1. The van der Waals surface area contributed by atoms with Crippen molar-refractivity contribution in [3.8, 4) is 5.75 Å². The summed E-state index contributed by atoms with van der Waals surface area (Å²) >= 11 is 3.52. The largest absolute Gasteiger partial charge is 0.508 e. The molecule has 2 rings (SSSR count). The Morgan fingerprint density at radius 1 is 1.50 bits per heavy atom. The van der Waals surface area contributed by atoms with Gasteiger partial charge in [0, 0.05) is 4.47 Å². The Morgan fingerprint density at radius 3 is 3.00 bits per heavy atom. The van der Waals surface area contributed by atoms with E-state index in [9.17, 15) is 5.11 Å². The number of nitrogens with one attached hydrogen (secondary N) is 1. The topological polar surface area (TPSA) is 32.3 Å². The van der Waals surface area contributed by atoms with Crippen LogP contribution in [0.25, 0.3) is 0 Å². The number of benzene rings is 1. The van der Waals surface area contributed by atoms with Crippen molar-refractivity contribution in [3.05, 3.63) is 27.7 Å².